The van der Waals surface area contributed by atoms with Gasteiger partial charge in [-0.1, -0.05) is 72.9 Å². The Bertz CT molecular complexity index is 1100. The molecule has 0 spiro atoms. The van der Waals surface area contributed by atoms with Crippen LogP contribution in [0.5, 0.6) is 0 Å². The monoisotopic (exact) mass is 370 g/mol. The van der Waals surface area contributed by atoms with Gasteiger partial charge in [-0.2, -0.15) is 0 Å². The molecule has 1 aliphatic heterocycles. The van der Waals surface area contributed by atoms with Crippen LogP contribution in [0.15, 0.2) is 100 Å². The van der Waals surface area contributed by atoms with E-state index in [1.807, 2.05) is 0 Å². The van der Waals surface area contributed by atoms with E-state index in [0.29, 0.717) is 11.2 Å². The molecule has 3 heteroatoms. The number of benzene rings is 2. The Balaban J connectivity index is 1.45. The summed E-state index contributed by atoms with van der Waals surface area (Å²) in [6.45, 7) is 0. The third-order valence-corrected chi connectivity index (χ3v) is 5.68. The van der Waals surface area contributed by atoms with E-state index in [1.54, 1.807) is 0 Å². The fourth-order valence-corrected chi connectivity index (χ4v) is 4.25. The van der Waals surface area contributed by atoms with Crippen molar-refractivity contribution in [2.45, 2.75) is 18.9 Å². The van der Waals surface area contributed by atoms with E-state index < -0.39 is 0 Å². The van der Waals surface area contributed by atoms with Gasteiger partial charge in [0, 0.05) is 18.1 Å². The zero-order chi connectivity index (χ0) is 18.2. The number of aliphatic imine (C=N–C) groups is 2. The highest BCUT2D eigenvalue weighted by Gasteiger charge is 2.25. The maximum atomic E-state index is 6.33. The Labute approximate surface area is 164 Å². The first-order valence-electron chi connectivity index (χ1n) is 9.32. The fourth-order valence-electron chi connectivity index (χ4n) is 4.03. The highest BCUT2D eigenvalue weighted by atomic mass is 35.5. The molecule has 2 aliphatic carbocycles. The molecule has 0 amide bonds. The van der Waals surface area contributed by atoms with Gasteiger partial charge in [0.25, 0.3) is 0 Å². The van der Waals surface area contributed by atoms with Crippen LogP contribution in [0.1, 0.15) is 24.4 Å². The minimum absolute atomic E-state index is 0.0164. The summed E-state index contributed by atoms with van der Waals surface area (Å²) in [6.07, 6.45) is 14.8. The van der Waals surface area contributed by atoms with Gasteiger partial charge in [0.05, 0.1) is 6.04 Å². The van der Waals surface area contributed by atoms with Crippen molar-refractivity contribution >= 4 is 33.4 Å². The molecule has 2 aromatic carbocycles. The Morgan fingerprint density at radius 2 is 1.81 bits per heavy atom. The Morgan fingerprint density at radius 3 is 2.74 bits per heavy atom. The van der Waals surface area contributed by atoms with Crippen LogP contribution in [0, 0.1) is 5.92 Å². The predicted octanol–water partition coefficient (Wildman–Crippen LogP) is 6.32. The van der Waals surface area contributed by atoms with Crippen LogP contribution >= 0.6 is 11.6 Å². The quantitative estimate of drug-likeness (QED) is 0.552. The number of hydrogen-bond donors (Lipinski definition) is 0. The first kappa shape index (κ1) is 16.5. The van der Waals surface area contributed by atoms with Crippen LogP contribution in [0.2, 0.25) is 0 Å². The van der Waals surface area contributed by atoms with Crippen molar-refractivity contribution in [3.8, 4) is 0 Å². The molecule has 0 aromatic heterocycles. The van der Waals surface area contributed by atoms with Crippen molar-refractivity contribution in [1.29, 1.82) is 0 Å². The normalized spacial score (nSPS) is 24.0. The number of fused-ring (bicyclic) bond motifs is 2. The molecule has 2 nitrogen and oxygen atoms in total. The zero-order valence-corrected chi connectivity index (χ0v) is 15.6. The van der Waals surface area contributed by atoms with Crippen LogP contribution in [-0.2, 0) is 0 Å². The van der Waals surface area contributed by atoms with E-state index in [0.717, 1.165) is 18.6 Å². The third kappa shape index (κ3) is 3.22. The molecule has 1 heterocycles. The highest BCUT2D eigenvalue weighted by molar-refractivity contribution is 6.66. The van der Waals surface area contributed by atoms with Crippen LogP contribution in [0.25, 0.3) is 10.8 Å². The molecular weight excluding hydrogens is 352 g/mol. The highest BCUT2D eigenvalue weighted by Crippen LogP contribution is 2.35. The van der Waals surface area contributed by atoms with Gasteiger partial charge in [-0.15, -0.1) is 0 Å². The molecule has 132 valence electrons. The van der Waals surface area contributed by atoms with Crippen LogP contribution in [0.3, 0.4) is 0 Å². The molecule has 0 bridgehead atoms. The maximum absolute atomic E-state index is 6.33. The lowest BCUT2D eigenvalue weighted by atomic mass is 9.81. The van der Waals surface area contributed by atoms with E-state index in [9.17, 15) is 0 Å². The van der Waals surface area contributed by atoms with Crippen molar-refractivity contribution < 1.29 is 0 Å². The molecule has 3 aliphatic rings. The lowest BCUT2D eigenvalue weighted by Gasteiger charge is -2.26. The van der Waals surface area contributed by atoms with Gasteiger partial charge in [0.2, 0.25) is 5.29 Å². The molecule has 0 saturated heterocycles. The second kappa shape index (κ2) is 6.79. The van der Waals surface area contributed by atoms with Crippen molar-refractivity contribution in [3.63, 3.8) is 0 Å². The van der Waals surface area contributed by atoms with Crippen LogP contribution in [-0.4, -0.2) is 11.0 Å². The second-order valence-electron chi connectivity index (χ2n) is 7.20. The average Bonchev–Trinajstić information content (AvgIpc) is 2.72. The second-order valence-corrected chi connectivity index (χ2v) is 7.53. The fraction of sp³-hybridized carbons (Fsp3) is 0.167. The summed E-state index contributed by atoms with van der Waals surface area (Å²) in [6, 6.07) is 15.0. The molecule has 0 N–H and O–H groups in total. The molecule has 2 atom stereocenters. The lowest BCUT2D eigenvalue weighted by Crippen LogP contribution is -2.19. The van der Waals surface area contributed by atoms with Gasteiger partial charge in [0.1, 0.15) is 0 Å². The van der Waals surface area contributed by atoms with E-state index in [1.165, 1.54) is 27.5 Å². The topological polar surface area (TPSA) is 24.7 Å². The largest absolute Gasteiger partial charge is 0.248 e. The lowest BCUT2D eigenvalue weighted by molar-refractivity contribution is 0.732. The molecular formula is C24H19ClN2. The van der Waals surface area contributed by atoms with Crippen molar-refractivity contribution in [1.82, 2.24) is 0 Å². The first-order chi connectivity index (χ1) is 13.3. The number of halogens is 1. The molecule has 5 rings (SSSR count). The van der Waals surface area contributed by atoms with E-state index in [4.69, 9.17) is 11.6 Å². The van der Waals surface area contributed by atoms with Gasteiger partial charge >= 0.3 is 0 Å². The van der Waals surface area contributed by atoms with Gasteiger partial charge in [0.15, 0.2) is 0 Å². The molecule has 27 heavy (non-hydrogen) atoms. The van der Waals surface area contributed by atoms with Gasteiger partial charge in [-0.3, -0.25) is 0 Å². The zero-order valence-electron chi connectivity index (χ0n) is 14.8. The van der Waals surface area contributed by atoms with E-state index in [2.05, 4.69) is 88.9 Å². The number of nitrogens with zero attached hydrogens (tertiary/aromatic N) is 2. The van der Waals surface area contributed by atoms with Crippen molar-refractivity contribution in [2.24, 2.45) is 15.9 Å². The minimum atomic E-state index is 0.0164. The number of allylic oxidation sites excluding steroid dienone is 8. The Morgan fingerprint density at radius 1 is 0.926 bits per heavy atom. The SMILES string of the molecule is ClC1=NC(c2ccc3ccccc3c2)CC(C2=CC=C3C=CC=CC3C2)=N1. The third-order valence-electron chi connectivity index (χ3n) is 5.49. The van der Waals surface area contributed by atoms with Crippen LogP contribution in [0.4, 0.5) is 0 Å². The standard InChI is InChI=1S/C24H19ClN2/c25-24-26-22(20-11-9-16-5-1-3-7-18(16)13-20)15-23(27-24)21-12-10-17-6-2-4-8-19(17)14-21/h1-13,19,22H,14-15H2. The molecule has 0 fully saturated rings. The van der Waals surface area contributed by atoms with Gasteiger partial charge < -0.3 is 0 Å². The summed E-state index contributed by atoms with van der Waals surface area (Å²) in [7, 11) is 0. The van der Waals surface area contributed by atoms with Crippen LogP contribution < -0.4 is 0 Å². The predicted molar refractivity (Wildman–Crippen MR) is 115 cm³/mol. The summed E-state index contributed by atoms with van der Waals surface area (Å²) in [5.74, 6) is 0.439. The number of amidine groups is 1. The number of hydrogen-bond acceptors (Lipinski definition) is 2. The molecule has 0 radical (unpaired) electrons. The Kier molecular flexibility index (Phi) is 4.14. The molecule has 0 saturated carbocycles. The Hall–Kier alpha value is -2.71. The van der Waals surface area contributed by atoms with Crippen molar-refractivity contribution in [2.75, 3.05) is 0 Å². The smallest absolute Gasteiger partial charge is 0.218 e. The summed E-state index contributed by atoms with van der Waals surface area (Å²) in [4.78, 5) is 9.19. The summed E-state index contributed by atoms with van der Waals surface area (Å²) in [5, 5.41) is 2.82. The van der Waals surface area contributed by atoms with Gasteiger partial charge in [-0.05, 0) is 51.6 Å². The average molecular weight is 371 g/mol. The van der Waals surface area contributed by atoms with Crippen molar-refractivity contribution in [3.05, 3.63) is 95.6 Å². The first-order valence-corrected chi connectivity index (χ1v) is 9.69. The summed E-state index contributed by atoms with van der Waals surface area (Å²) < 4.78 is 0. The summed E-state index contributed by atoms with van der Waals surface area (Å²) >= 11 is 6.33. The number of rotatable bonds is 2. The molecule has 2 aromatic rings. The minimum Gasteiger partial charge on any atom is -0.248 e. The van der Waals surface area contributed by atoms with E-state index in [-0.39, 0.29) is 6.04 Å². The van der Waals surface area contributed by atoms with E-state index >= 15 is 0 Å². The summed E-state index contributed by atoms with van der Waals surface area (Å²) in [5.41, 5.74) is 4.88. The maximum Gasteiger partial charge on any atom is 0.218 e. The van der Waals surface area contributed by atoms with Gasteiger partial charge in [-0.25, -0.2) is 9.98 Å². The molecule has 2 unspecified atom stereocenters.